The number of hydrogen-bond donors (Lipinski definition) is 0. The van der Waals surface area contributed by atoms with Gasteiger partial charge in [-0.1, -0.05) is 0 Å². The Hall–Kier alpha value is -0.530. The van der Waals surface area contributed by atoms with Gasteiger partial charge in [0, 0.05) is 6.42 Å². The average Bonchev–Trinajstić information content (AvgIpc) is 1.82. The van der Waals surface area contributed by atoms with Crippen molar-refractivity contribution >= 4 is 0 Å². The fourth-order valence-corrected chi connectivity index (χ4v) is 0.442. The molecular weight excluding hydrogens is 209 g/mol. The molecule has 0 aliphatic carbocycles. The summed E-state index contributed by atoms with van der Waals surface area (Å²) in [6.45, 7) is -1.34. The Morgan fingerprint density at radius 3 is 1.77 bits per heavy atom. The Labute approximate surface area is 68.5 Å². The van der Waals surface area contributed by atoms with Gasteiger partial charge in [0.15, 0.2) is 6.17 Å². The maximum absolute atomic E-state index is 11.9. The summed E-state index contributed by atoms with van der Waals surface area (Å²) in [5.74, 6) is 0. The molecule has 0 amide bonds. The van der Waals surface area contributed by atoms with Crippen molar-refractivity contribution in [2.75, 3.05) is 6.61 Å². The Morgan fingerprint density at radius 1 is 1.00 bits per heavy atom. The topological polar surface area (TPSA) is 9.23 Å². The molecule has 0 bridgehead atoms. The molecule has 0 aliphatic rings. The molecule has 0 rings (SSSR count). The third-order valence-corrected chi connectivity index (χ3v) is 0.992. The van der Waals surface area contributed by atoms with Crippen LogP contribution in [0.4, 0.5) is 30.7 Å². The molecular formula is C5H5F7O. The zero-order valence-electron chi connectivity index (χ0n) is 6.05. The van der Waals surface area contributed by atoms with Gasteiger partial charge >= 0.3 is 12.5 Å². The minimum Gasteiger partial charge on any atom is -0.292 e. The van der Waals surface area contributed by atoms with Crippen molar-refractivity contribution in [3.05, 3.63) is 0 Å². The molecule has 0 N–H and O–H groups in total. The maximum Gasteiger partial charge on any atom is 0.522 e. The monoisotopic (exact) mass is 214 g/mol. The van der Waals surface area contributed by atoms with Gasteiger partial charge in [0.2, 0.25) is 0 Å². The Bertz CT molecular complexity index is 148. The first-order valence-electron chi connectivity index (χ1n) is 3.04. The Kier molecular flexibility index (Phi) is 3.95. The molecule has 0 fully saturated rings. The van der Waals surface area contributed by atoms with Crippen LogP contribution in [0.1, 0.15) is 6.42 Å². The lowest BCUT2D eigenvalue weighted by Gasteiger charge is -2.12. The fourth-order valence-electron chi connectivity index (χ4n) is 0.442. The van der Waals surface area contributed by atoms with E-state index in [-0.39, 0.29) is 0 Å². The lowest BCUT2D eigenvalue weighted by atomic mass is 10.3. The molecule has 0 aromatic rings. The summed E-state index contributed by atoms with van der Waals surface area (Å²) in [6, 6.07) is 0. The minimum absolute atomic E-state index is 1.34. The Morgan fingerprint density at radius 2 is 1.46 bits per heavy atom. The highest BCUT2D eigenvalue weighted by atomic mass is 19.4. The predicted octanol–water partition coefficient (Wildman–Crippen LogP) is 2.81. The molecule has 0 aromatic heterocycles. The van der Waals surface area contributed by atoms with E-state index in [0.717, 1.165) is 0 Å². The van der Waals surface area contributed by atoms with Crippen LogP contribution in [-0.4, -0.2) is 25.3 Å². The molecule has 0 saturated heterocycles. The van der Waals surface area contributed by atoms with E-state index < -0.39 is 31.7 Å². The number of rotatable bonds is 3. The zero-order chi connectivity index (χ0) is 10.7. The van der Waals surface area contributed by atoms with E-state index in [4.69, 9.17) is 0 Å². The van der Waals surface area contributed by atoms with E-state index in [1.54, 1.807) is 0 Å². The first-order valence-corrected chi connectivity index (χ1v) is 3.04. The van der Waals surface area contributed by atoms with Gasteiger partial charge in [0.05, 0.1) is 6.61 Å². The quantitative estimate of drug-likeness (QED) is 0.656. The largest absolute Gasteiger partial charge is 0.522 e. The molecule has 8 heteroatoms. The summed E-state index contributed by atoms with van der Waals surface area (Å²) in [5, 5.41) is 0. The van der Waals surface area contributed by atoms with Gasteiger partial charge in [-0.3, -0.25) is 4.74 Å². The molecule has 0 aromatic carbocycles. The van der Waals surface area contributed by atoms with Crippen LogP contribution < -0.4 is 0 Å². The lowest BCUT2D eigenvalue weighted by Crippen LogP contribution is -2.27. The van der Waals surface area contributed by atoms with Crippen LogP contribution in [-0.2, 0) is 4.74 Å². The van der Waals surface area contributed by atoms with Crippen LogP contribution in [0.5, 0.6) is 0 Å². The molecule has 1 unspecified atom stereocenters. The first-order chi connectivity index (χ1) is 5.63. The second kappa shape index (κ2) is 4.12. The van der Waals surface area contributed by atoms with Crippen LogP contribution in [0.3, 0.4) is 0 Å². The summed E-state index contributed by atoms with van der Waals surface area (Å²) >= 11 is 0. The van der Waals surface area contributed by atoms with Gasteiger partial charge in [-0.05, 0) is 0 Å². The highest BCUT2D eigenvalue weighted by Gasteiger charge is 2.40. The van der Waals surface area contributed by atoms with E-state index in [1.807, 2.05) is 0 Å². The smallest absolute Gasteiger partial charge is 0.292 e. The van der Waals surface area contributed by atoms with Gasteiger partial charge in [-0.25, -0.2) is 4.39 Å². The number of halogens is 7. The second-order valence-corrected chi connectivity index (χ2v) is 2.09. The third-order valence-electron chi connectivity index (χ3n) is 0.992. The molecule has 0 radical (unpaired) electrons. The van der Waals surface area contributed by atoms with Crippen LogP contribution in [0.2, 0.25) is 0 Å². The number of ether oxygens (including phenoxy) is 1. The van der Waals surface area contributed by atoms with E-state index in [9.17, 15) is 30.7 Å². The van der Waals surface area contributed by atoms with Gasteiger partial charge in [-0.15, -0.1) is 13.2 Å². The molecule has 0 saturated carbocycles. The lowest BCUT2D eigenvalue weighted by molar-refractivity contribution is -0.327. The van der Waals surface area contributed by atoms with Crippen molar-refractivity contribution in [2.45, 2.75) is 25.1 Å². The standard InChI is InChI=1S/C5H5F7O/c6-3(4(7,8)9)1-2-13-5(10,11)12/h3H,1-2H2. The maximum atomic E-state index is 11.9. The normalized spacial score (nSPS) is 15.9. The van der Waals surface area contributed by atoms with Gasteiger partial charge in [0.25, 0.3) is 0 Å². The van der Waals surface area contributed by atoms with Crippen molar-refractivity contribution < 1.29 is 35.5 Å². The molecule has 1 atom stereocenters. The van der Waals surface area contributed by atoms with Crippen LogP contribution >= 0.6 is 0 Å². The average molecular weight is 214 g/mol. The van der Waals surface area contributed by atoms with Crippen molar-refractivity contribution in [3.63, 3.8) is 0 Å². The van der Waals surface area contributed by atoms with Crippen molar-refractivity contribution in [1.29, 1.82) is 0 Å². The van der Waals surface area contributed by atoms with Crippen LogP contribution in [0.25, 0.3) is 0 Å². The zero-order valence-corrected chi connectivity index (χ0v) is 6.05. The molecule has 1 nitrogen and oxygen atoms in total. The van der Waals surface area contributed by atoms with Crippen LogP contribution in [0, 0.1) is 0 Å². The van der Waals surface area contributed by atoms with E-state index in [1.165, 1.54) is 0 Å². The van der Waals surface area contributed by atoms with Crippen LogP contribution in [0.15, 0.2) is 0 Å². The highest BCUT2D eigenvalue weighted by Crippen LogP contribution is 2.26. The predicted molar refractivity (Wildman–Crippen MR) is 27.6 cm³/mol. The molecule has 13 heavy (non-hydrogen) atoms. The fraction of sp³-hybridized carbons (Fsp3) is 1.00. The minimum atomic E-state index is -5.13. The van der Waals surface area contributed by atoms with Crippen molar-refractivity contribution in [3.8, 4) is 0 Å². The summed E-state index contributed by atoms with van der Waals surface area (Å²) in [5.41, 5.74) is 0. The summed E-state index contributed by atoms with van der Waals surface area (Å²) in [6.07, 6.45) is -14.8. The number of hydrogen-bond acceptors (Lipinski definition) is 1. The molecule has 0 aliphatic heterocycles. The SMILES string of the molecule is FC(CCOC(F)(F)F)C(F)(F)F. The van der Waals surface area contributed by atoms with Crippen molar-refractivity contribution in [1.82, 2.24) is 0 Å². The van der Waals surface area contributed by atoms with Gasteiger partial charge in [0.1, 0.15) is 0 Å². The first kappa shape index (κ1) is 12.5. The molecule has 0 heterocycles. The molecule has 0 spiro atoms. The Balaban J connectivity index is 3.67. The summed E-state index contributed by atoms with van der Waals surface area (Å²) in [4.78, 5) is 0. The summed E-state index contributed by atoms with van der Waals surface area (Å²) < 4.78 is 82.5. The van der Waals surface area contributed by atoms with Crippen molar-refractivity contribution in [2.24, 2.45) is 0 Å². The second-order valence-electron chi connectivity index (χ2n) is 2.09. The number of alkyl halides is 7. The van der Waals surface area contributed by atoms with E-state index in [0.29, 0.717) is 0 Å². The third kappa shape index (κ3) is 6.62. The molecule has 80 valence electrons. The highest BCUT2D eigenvalue weighted by molar-refractivity contribution is 4.64. The summed E-state index contributed by atoms with van der Waals surface area (Å²) in [7, 11) is 0. The van der Waals surface area contributed by atoms with Gasteiger partial charge < -0.3 is 0 Å². The van der Waals surface area contributed by atoms with E-state index in [2.05, 4.69) is 4.74 Å². The van der Waals surface area contributed by atoms with E-state index >= 15 is 0 Å². The van der Waals surface area contributed by atoms with Gasteiger partial charge in [-0.2, -0.15) is 13.2 Å².